The van der Waals surface area contributed by atoms with E-state index in [-0.39, 0.29) is 5.91 Å². The van der Waals surface area contributed by atoms with Crippen LogP contribution < -0.4 is 10.2 Å². The fourth-order valence-electron chi connectivity index (χ4n) is 2.15. The molecule has 4 heteroatoms. The number of halogens is 1. The van der Waals surface area contributed by atoms with Crippen molar-refractivity contribution in [1.82, 2.24) is 5.32 Å². The van der Waals surface area contributed by atoms with Crippen LogP contribution in [-0.4, -0.2) is 24.5 Å². The Hall–Kier alpha value is -0.870. The van der Waals surface area contributed by atoms with Gasteiger partial charge >= 0.3 is 0 Å². The Morgan fingerprint density at radius 1 is 1.33 bits per heavy atom. The van der Waals surface area contributed by atoms with E-state index in [2.05, 4.69) is 28.2 Å². The van der Waals surface area contributed by atoms with E-state index < -0.39 is 5.54 Å². The van der Waals surface area contributed by atoms with Crippen LogP contribution in [-0.2, 0) is 4.79 Å². The lowest BCUT2D eigenvalue weighted by Gasteiger charge is -2.29. The van der Waals surface area contributed by atoms with Crippen molar-refractivity contribution in [3.05, 3.63) is 28.7 Å². The number of hydrogen-bond donors (Lipinski definition) is 1. The van der Waals surface area contributed by atoms with Crippen molar-refractivity contribution < 1.29 is 4.79 Å². The predicted molar refractivity (Wildman–Crippen MR) is 77.7 cm³/mol. The van der Waals surface area contributed by atoms with Gasteiger partial charge in [-0.2, -0.15) is 0 Å². The predicted octanol–water partition coefficient (Wildman–Crippen LogP) is 2.80. The molecule has 1 aromatic carbocycles. The van der Waals surface area contributed by atoms with E-state index in [1.807, 2.05) is 43.0 Å². The first-order valence-corrected chi connectivity index (χ1v) is 7.02. The van der Waals surface area contributed by atoms with Gasteiger partial charge in [0.15, 0.2) is 0 Å². The molecule has 0 spiro atoms. The molecule has 0 aliphatic carbocycles. The van der Waals surface area contributed by atoms with Crippen LogP contribution in [0.1, 0.15) is 20.8 Å². The summed E-state index contributed by atoms with van der Waals surface area (Å²) in [6.45, 7) is 7.68. The molecule has 1 N–H and O–H groups in total. The highest BCUT2D eigenvalue weighted by Gasteiger charge is 2.36. The number of carbonyl (C=O) groups excluding carboxylic acids is 1. The molecule has 0 saturated carbocycles. The van der Waals surface area contributed by atoms with Gasteiger partial charge in [0.05, 0.1) is 5.54 Å². The number of anilines is 1. The van der Waals surface area contributed by atoms with Crippen LogP contribution in [0.3, 0.4) is 0 Å². The maximum absolute atomic E-state index is 12.5. The number of rotatable bonds is 1. The van der Waals surface area contributed by atoms with Crippen molar-refractivity contribution in [2.75, 3.05) is 18.0 Å². The van der Waals surface area contributed by atoms with Crippen molar-refractivity contribution >= 4 is 27.5 Å². The first kappa shape index (κ1) is 13.6. The Labute approximate surface area is 117 Å². The third-order valence-electron chi connectivity index (χ3n) is 3.30. The smallest absolute Gasteiger partial charge is 0.246 e. The topological polar surface area (TPSA) is 32.3 Å². The van der Waals surface area contributed by atoms with Crippen LogP contribution in [0.15, 0.2) is 28.7 Å². The van der Waals surface area contributed by atoms with Gasteiger partial charge in [-0.3, -0.25) is 4.79 Å². The molecule has 1 aromatic rings. The summed E-state index contributed by atoms with van der Waals surface area (Å²) >= 11 is 3.42. The van der Waals surface area contributed by atoms with Gasteiger partial charge in [-0.1, -0.05) is 22.9 Å². The molecular weight excluding hydrogens is 292 g/mol. The summed E-state index contributed by atoms with van der Waals surface area (Å²) in [5, 5.41) is 3.33. The molecule has 18 heavy (non-hydrogen) atoms. The van der Waals surface area contributed by atoms with E-state index in [1.54, 1.807) is 0 Å². The minimum absolute atomic E-state index is 0.133. The largest absolute Gasteiger partial charge is 0.311 e. The van der Waals surface area contributed by atoms with Gasteiger partial charge in [0.1, 0.15) is 0 Å². The molecule has 2 rings (SSSR count). The summed E-state index contributed by atoms with van der Waals surface area (Å²) in [7, 11) is 0. The Kier molecular flexibility index (Phi) is 3.78. The van der Waals surface area contributed by atoms with Crippen molar-refractivity contribution in [3.8, 4) is 0 Å². The molecule has 1 atom stereocenters. The maximum Gasteiger partial charge on any atom is 0.246 e. The number of carbonyl (C=O) groups is 1. The van der Waals surface area contributed by atoms with Crippen LogP contribution in [0.25, 0.3) is 0 Å². The lowest BCUT2D eigenvalue weighted by Crippen LogP contribution is -2.51. The minimum atomic E-state index is -0.502. The summed E-state index contributed by atoms with van der Waals surface area (Å²) in [6.07, 6.45) is 0. The molecule has 1 aliphatic heterocycles. The molecule has 0 aromatic heterocycles. The Balaban J connectivity index is 2.34. The van der Waals surface area contributed by atoms with Gasteiger partial charge in [-0.25, -0.2) is 0 Å². The molecule has 1 unspecified atom stereocenters. The number of hydrogen-bond acceptors (Lipinski definition) is 2. The monoisotopic (exact) mass is 310 g/mol. The molecular formula is C14H19BrN2O. The molecule has 1 saturated heterocycles. The van der Waals surface area contributed by atoms with Crippen LogP contribution in [0, 0.1) is 5.92 Å². The first-order valence-electron chi connectivity index (χ1n) is 6.23. The van der Waals surface area contributed by atoms with E-state index in [9.17, 15) is 4.79 Å². The zero-order valence-electron chi connectivity index (χ0n) is 11.0. The van der Waals surface area contributed by atoms with E-state index in [1.165, 1.54) is 0 Å². The lowest BCUT2D eigenvalue weighted by atomic mass is 10.0. The van der Waals surface area contributed by atoms with Crippen LogP contribution in [0.2, 0.25) is 0 Å². The van der Waals surface area contributed by atoms with E-state index in [0.29, 0.717) is 5.92 Å². The SMILES string of the molecule is CC1CNC(C)(C)C(=O)N(c2ccc(Br)cc2)C1. The van der Waals surface area contributed by atoms with Gasteiger partial charge in [0, 0.05) is 23.2 Å². The molecule has 1 fully saturated rings. The number of amides is 1. The number of nitrogens with one attached hydrogen (secondary N) is 1. The highest BCUT2D eigenvalue weighted by atomic mass is 79.9. The maximum atomic E-state index is 12.5. The molecule has 0 bridgehead atoms. The third-order valence-corrected chi connectivity index (χ3v) is 3.83. The summed E-state index contributed by atoms with van der Waals surface area (Å²) in [5.74, 6) is 0.577. The first-order chi connectivity index (χ1) is 8.40. The normalized spacial score (nSPS) is 23.9. The zero-order valence-corrected chi connectivity index (χ0v) is 12.6. The Bertz CT molecular complexity index is 442. The molecule has 98 valence electrons. The second kappa shape index (κ2) is 5.02. The van der Waals surface area contributed by atoms with Crippen molar-refractivity contribution in [2.45, 2.75) is 26.3 Å². The minimum Gasteiger partial charge on any atom is -0.311 e. The summed E-state index contributed by atoms with van der Waals surface area (Å²) in [6, 6.07) is 7.91. The van der Waals surface area contributed by atoms with Crippen LogP contribution in [0.4, 0.5) is 5.69 Å². The third kappa shape index (κ3) is 2.75. The van der Waals surface area contributed by atoms with Crippen LogP contribution in [0.5, 0.6) is 0 Å². The zero-order chi connectivity index (χ0) is 13.3. The van der Waals surface area contributed by atoms with Crippen molar-refractivity contribution in [1.29, 1.82) is 0 Å². The Morgan fingerprint density at radius 2 is 1.94 bits per heavy atom. The van der Waals surface area contributed by atoms with E-state index >= 15 is 0 Å². The highest BCUT2D eigenvalue weighted by Crippen LogP contribution is 2.24. The fraction of sp³-hybridized carbons (Fsp3) is 0.500. The average Bonchev–Trinajstić information content (AvgIpc) is 2.42. The van der Waals surface area contributed by atoms with Crippen molar-refractivity contribution in [3.63, 3.8) is 0 Å². The average molecular weight is 311 g/mol. The quantitative estimate of drug-likeness (QED) is 0.865. The van der Waals surface area contributed by atoms with E-state index in [0.717, 1.165) is 23.2 Å². The standard InChI is InChI=1S/C14H19BrN2O/c1-10-8-16-14(2,3)13(18)17(9-10)12-6-4-11(15)5-7-12/h4-7,10,16H,8-9H2,1-3H3. The number of nitrogens with zero attached hydrogens (tertiary/aromatic N) is 1. The van der Waals surface area contributed by atoms with Gasteiger partial charge in [-0.05, 0) is 44.0 Å². The highest BCUT2D eigenvalue weighted by molar-refractivity contribution is 9.10. The molecule has 0 radical (unpaired) electrons. The summed E-state index contributed by atoms with van der Waals surface area (Å²) in [5.41, 5.74) is 0.463. The lowest BCUT2D eigenvalue weighted by molar-refractivity contribution is -0.123. The van der Waals surface area contributed by atoms with Crippen LogP contribution >= 0.6 is 15.9 Å². The van der Waals surface area contributed by atoms with Crippen molar-refractivity contribution in [2.24, 2.45) is 5.92 Å². The van der Waals surface area contributed by atoms with Gasteiger partial charge in [-0.15, -0.1) is 0 Å². The van der Waals surface area contributed by atoms with E-state index in [4.69, 9.17) is 0 Å². The molecule has 1 heterocycles. The summed E-state index contributed by atoms with van der Waals surface area (Å²) < 4.78 is 1.03. The molecule has 1 aliphatic rings. The van der Waals surface area contributed by atoms with Gasteiger partial charge in [0.2, 0.25) is 5.91 Å². The Morgan fingerprint density at radius 3 is 2.56 bits per heavy atom. The van der Waals surface area contributed by atoms with Gasteiger partial charge in [0.25, 0.3) is 0 Å². The fourth-order valence-corrected chi connectivity index (χ4v) is 2.41. The summed E-state index contributed by atoms with van der Waals surface area (Å²) in [4.78, 5) is 14.4. The molecule has 3 nitrogen and oxygen atoms in total. The molecule has 1 amide bonds. The second-order valence-electron chi connectivity index (χ2n) is 5.50. The number of benzene rings is 1. The second-order valence-corrected chi connectivity index (χ2v) is 6.42. The van der Waals surface area contributed by atoms with Gasteiger partial charge < -0.3 is 10.2 Å².